The number of ether oxygens (including phenoxy) is 2. The lowest BCUT2D eigenvalue weighted by Gasteiger charge is -2.32. The lowest BCUT2D eigenvalue weighted by molar-refractivity contribution is -0.147. The maximum Gasteiger partial charge on any atom is 0.308 e. The van der Waals surface area contributed by atoms with Crippen molar-refractivity contribution in [2.45, 2.75) is 33.3 Å². The number of anilines is 2. The van der Waals surface area contributed by atoms with Crippen molar-refractivity contribution in [3.05, 3.63) is 66.0 Å². The minimum atomic E-state index is -0.639. The minimum absolute atomic E-state index is 0.0515. The number of para-hydroxylation sites is 3. The average Bonchev–Trinajstić information content (AvgIpc) is 3.12. The third kappa shape index (κ3) is 4.78. The molecule has 0 saturated carbocycles. The molecule has 1 aromatic heterocycles. The fourth-order valence-electron chi connectivity index (χ4n) is 3.83. The Hall–Kier alpha value is -4.14. The predicted molar refractivity (Wildman–Crippen MR) is 126 cm³/mol. The number of nitrogens with one attached hydrogen (secondary N) is 1. The largest absolute Gasteiger partial charge is 0.479 e. The summed E-state index contributed by atoms with van der Waals surface area (Å²) in [5.41, 5.74) is 3.48. The molecule has 1 N–H and O–H groups in total. The van der Waals surface area contributed by atoms with Crippen molar-refractivity contribution in [1.82, 2.24) is 9.78 Å². The fourth-order valence-corrected chi connectivity index (χ4v) is 3.83. The van der Waals surface area contributed by atoms with Crippen molar-refractivity contribution in [3.63, 3.8) is 0 Å². The van der Waals surface area contributed by atoms with Crippen LogP contribution >= 0.6 is 0 Å². The second-order valence-electron chi connectivity index (χ2n) is 7.97. The van der Waals surface area contributed by atoms with Gasteiger partial charge in [0.05, 0.1) is 34.9 Å². The summed E-state index contributed by atoms with van der Waals surface area (Å²) in [6.07, 6.45) is -0.690. The van der Waals surface area contributed by atoms with E-state index in [0.717, 1.165) is 11.4 Å². The van der Waals surface area contributed by atoms with Crippen LogP contribution in [0.3, 0.4) is 0 Å². The summed E-state index contributed by atoms with van der Waals surface area (Å²) >= 11 is 0. The topological polar surface area (TPSA) is 103 Å². The molecule has 4 rings (SSSR count). The molecule has 0 spiro atoms. The number of fused-ring (bicyclic) bond motifs is 1. The van der Waals surface area contributed by atoms with E-state index in [1.807, 2.05) is 43.3 Å². The molecule has 0 aliphatic carbocycles. The third-order valence-corrected chi connectivity index (χ3v) is 5.53. The summed E-state index contributed by atoms with van der Waals surface area (Å²) in [5, 5.41) is 7.26. The summed E-state index contributed by atoms with van der Waals surface area (Å²) in [6.45, 7) is 5.02. The van der Waals surface area contributed by atoms with E-state index in [4.69, 9.17) is 9.47 Å². The van der Waals surface area contributed by atoms with Crippen LogP contribution in [0.5, 0.6) is 5.75 Å². The smallest absolute Gasteiger partial charge is 0.308 e. The van der Waals surface area contributed by atoms with Crippen LogP contribution in [-0.4, -0.2) is 46.8 Å². The van der Waals surface area contributed by atoms with E-state index in [-0.39, 0.29) is 18.9 Å². The third-order valence-electron chi connectivity index (χ3n) is 5.53. The van der Waals surface area contributed by atoms with Crippen LogP contribution in [0.2, 0.25) is 0 Å². The van der Waals surface area contributed by atoms with Gasteiger partial charge in [-0.15, -0.1) is 0 Å². The molecule has 0 bridgehead atoms. The maximum atomic E-state index is 12.5. The lowest BCUT2D eigenvalue weighted by Crippen LogP contribution is -2.45. The summed E-state index contributed by atoms with van der Waals surface area (Å²) in [7, 11) is 0. The Kier molecular flexibility index (Phi) is 6.62. The Morgan fingerprint density at radius 1 is 1.09 bits per heavy atom. The van der Waals surface area contributed by atoms with E-state index < -0.39 is 24.6 Å². The molecule has 0 radical (unpaired) electrons. The first kappa shape index (κ1) is 23.0. The molecule has 2 heterocycles. The predicted octanol–water partition coefficient (Wildman–Crippen LogP) is 3.18. The number of amides is 2. The molecule has 0 saturated heterocycles. The SMILES string of the molecule is Cc1nn(-c2ccccc2)c(C)c1NC(=O)COC(=O)CCN1C(=O)C(C)Oc2ccccc21. The Balaban J connectivity index is 1.32. The molecular weight excluding hydrogens is 436 g/mol. The molecule has 9 heteroatoms. The lowest BCUT2D eigenvalue weighted by atomic mass is 10.2. The van der Waals surface area contributed by atoms with Gasteiger partial charge in [-0.05, 0) is 45.0 Å². The van der Waals surface area contributed by atoms with Gasteiger partial charge in [-0.2, -0.15) is 5.10 Å². The Morgan fingerprint density at radius 3 is 2.56 bits per heavy atom. The first-order chi connectivity index (χ1) is 16.3. The Labute approximate surface area is 197 Å². The van der Waals surface area contributed by atoms with E-state index in [0.29, 0.717) is 22.8 Å². The number of carbonyl (C=O) groups is 3. The van der Waals surface area contributed by atoms with Crippen LogP contribution in [0.25, 0.3) is 5.69 Å². The van der Waals surface area contributed by atoms with Crippen molar-refractivity contribution >= 4 is 29.2 Å². The van der Waals surface area contributed by atoms with E-state index in [1.54, 1.807) is 36.7 Å². The first-order valence-electron chi connectivity index (χ1n) is 11.0. The van der Waals surface area contributed by atoms with Gasteiger partial charge in [0.25, 0.3) is 11.8 Å². The molecule has 3 aromatic rings. The number of hydrogen-bond acceptors (Lipinski definition) is 6. The molecule has 176 valence electrons. The Morgan fingerprint density at radius 2 is 1.79 bits per heavy atom. The normalized spacial score (nSPS) is 14.9. The number of aryl methyl sites for hydroxylation is 1. The highest BCUT2D eigenvalue weighted by Crippen LogP contribution is 2.33. The van der Waals surface area contributed by atoms with Gasteiger partial charge < -0.3 is 19.7 Å². The second-order valence-corrected chi connectivity index (χ2v) is 7.97. The van der Waals surface area contributed by atoms with Gasteiger partial charge in [-0.3, -0.25) is 14.4 Å². The van der Waals surface area contributed by atoms with Gasteiger partial charge in [-0.1, -0.05) is 30.3 Å². The highest BCUT2D eigenvalue weighted by atomic mass is 16.5. The highest BCUT2D eigenvalue weighted by Gasteiger charge is 2.31. The number of rotatable bonds is 7. The summed E-state index contributed by atoms with van der Waals surface area (Å²) in [4.78, 5) is 38.7. The zero-order chi connectivity index (χ0) is 24.2. The van der Waals surface area contributed by atoms with Gasteiger partial charge in [0.1, 0.15) is 5.75 Å². The van der Waals surface area contributed by atoms with Gasteiger partial charge >= 0.3 is 5.97 Å². The van der Waals surface area contributed by atoms with Gasteiger partial charge in [0.2, 0.25) is 0 Å². The van der Waals surface area contributed by atoms with Gasteiger partial charge in [0, 0.05) is 6.54 Å². The monoisotopic (exact) mass is 462 g/mol. The quantitative estimate of drug-likeness (QED) is 0.541. The fraction of sp³-hybridized carbons (Fsp3) is 0.280. The number of benzene rings is 2. The first-order valence-corrected chi connectivity index (χ1v) is 11.0. The van der Waals surface area contributed by atoms with Crippen LogP contribution in [0.15, 0.2) is 54.6 Å². The van der Waals surface area contributed by atoms with E-state index in [1.165, 1.54) is 4.90 Å². The zero-order valence-electron chi connectivity index (χ0n) is 19.3. The maximum absolute atomic E-state index is 12.5. The average molecular weight is 463 g/mol. The number of carbonyl (C=O) groups excluding carboxylic acids is 3. The van der Waals surface area contributed by atoms with E-state index >= 15 is 0 Å². The number of nitrogens with zero attached hydrogens (tertiary/aromatic N) is 3. The molecular formula is C25H26N4O5. The molecule has 1 aliphatic heterocycles. The second kappa shape index (κ2) is 9.78. The highest BCUT2D eigenvalue weighted by molar-refractivity contribution is 6.00. The van der Waals surface area contributed by atoms with Crippen LogP contribution in [0, 0.1) is 13.8 Å². The van der Waals surface area contributed by atoms with Crippen molar-refractivity contribution in [2.75, 3.05) is 23.4 Å². The van der Waals surface area contributed by atoms with Crippen LogP contribution in [0.1, 0.15) is 24.7 Å². The summed E-state index contributed by atoms with van der Waals surface area (Å²) in [6, 6.07) is 16.7. The zero-order valence-corrected chi connectivity index (χ0v) is 19.3. The molecule has 0 fully saturated rings. The van der Waals surface area contributed by atoms with Gasteiger partial charge in [-0.25, -0.2) is 4.68 Å². The van der Waals surface area contributed by atoms with Crippen molar-refractivity contribution in [2.24, 2.45) is 0 Å². The van der Waals surface area contributed by atoms with Crippen molar-refractivity contribution in [1.29, 1.82) is 0 Å². The molecule has 1 unspecified atom stereocenters. The molecule has 9 nitrogen and oxygen atoms in total. The van der Waals surface area contributed by atoms with Gasteiger partial charge in [0.15, 0.2) is 12.7 Å². The summed E-state index contributed by atoms with van der Waals surface area (Å²) < 4.78 is 12.5. The molecule has 34 heavy (non-hydrogen) atoms. The number of esters is 1. The van der Waals surface area contributed by atoms with Crippen LogP contribution in [-0.2, 0) is 19.1 Å². The molecule has 2 aromatic carbocycles. The van der Waals surface area contributed by atoms with Crippen LogP contribution < -0.4 is 15.0 Å². The standard InChI is InChI=1S/C25H26N4O5/c1-16-24(17(2)29(27-16)19-9-5-4-6-10-19)26-22(30)15-33-23(31)13-14-28-20-11-7-8-12-21(20)34-18(3)25(28)32/h4-12,18H,13-15H2,1-3H3,(H,26,30). The Bertz CT molecular complexity index is 1220. The van der Waals surface area contributed by atoms with E-state index in [9.17, 15) is 14.4 Å². The minimum Gasteiger partial charge on any atom is -0.479 e. The molecule has 1 aliphatic rings. The van der Waals surface area contributed by atoms with Crippen molar-refractivity contribution in [3.8, 4) is 11.4 Å². The molecule has 2 amide bonds. The van der Waals surface area contributed by atoms with Crippen LogP contribution in [0.4, 0.5) is 11.4 Å². The number of aromatic nitrogens is 2. The van der Waals surface area contributed by atoms with E-state index in [2.05, 4.69) is 10.4 Å². The molecule has 1 atom stereocenters. The number of hydrogen-bond donors (Lipinski definition) is 1. The van der Waals surface area contributed by atoms with Crippen molar-refractivity contribution < 1.29 is 23.9 Å². The summed E-state index contributed by atoms with van der Waals surface area (Å²) in [5.74, 6) is -0.684.